The summed E-state index contributed by atoms with van der Waals surface area (Å²) in [7, 11) is 1.26. The van der Waals surface area contributed by atoms with Gasteiger partial charge in [-0.05, 0) is 38.8 Å². The fourth-order valence-corrected chi connectivity index (χ4v) is 3.78. The minimum absolute atomic E-state index is 0.167. The number of hydrogen-bond donors (Lipinski definition) is 1. The number of hydrogen-bond acceptors (Lipinski definition) is 7. The van der Waals surface area contributed by atoms with E-state index in [0.29, 0.717) is 12.0 Å². The third kappa shape index (κ3) is 5.11. The van der Waals surface area contributed by atoms with Gasteiger partial charge in [0.05, 0.1) is 25.5 Å². The van der Waals surface area contributed by atoms with Gasteiger partial charge in [0, 0.05) is 23.9 Å². The molecule has 9 heteroatoms. The number of rotatable bonds is 8. The zero-order valence-corrected chi connectivity index (χ0v) is 18.0. The lowest BCUT2D eigenvalue weighted by atomic mass is 10.1. The van der Waals surface area contributed by atoms with Gasteiger partial charge in [0.25, 0.3) is 0 Å². The largest absolute Gasteiger partial charge is 0.465 e. The first-order valence-electron chi connectivity index (χ1n) is 9.24. The lowest BCUT2D eigenvalue weighted by molar-refractivity contribution is -0.111. The van der Waals surface area contributed by atoms with Crippen LogP contribution >= 0.6 is 11.3 Å². The van der Waals surface area contributed by atoms with E-state index in [1.54, 1.807) is 19.2 Å². The van der Waals surface area contributed by atoms with E-state index < -0.39 is 17.8 Å². The first kappa shape index (κ1) is 22.4. The molecule has 1 amide bonds. The fraction of sp³-hybridized carbons (Fsp3) is 0.400. The smallest absolute Gasteiger partial charge is 0.348 e. The summed E-state index contributed by atoms with van der Waals surface area (Å²) in [6.07, 6.45) is 5.35. The number of anilines is 1. The molecular formula is C20H25N3O5S. The van der Waals surface area contributed by atoms with E-state index in [1.807, 2.05) is 25.5 Å². The Morgan fingerprint density at radius 1 is 1.24 bits per heavy atom. The SMILES string of the molecule is CCCOC(=O)c1c(NC(=O)/C=C/c2cnn(CC)c2C)sc(C(=O)OC)c1C. The summed E-state index contributed by atoms with van der Waals surface area (Å²) < 4.78 is 11.8. The molecule has 0 fully saturated rings. The second-order valence-electron chi connectivity index (χ2n) is 6.21. The van der Waals surface area contributed by atoms with E-state index in [2.05, 4.69) is 10.4 Å². The molecule has 0 aliphatic heterocycles. The molecule has 156 valence electrons. The number of methoxy groups -OCH3 is 1. The van der Waals surface area contributed by atoms with Crippen LogP contribution in [0.25, 0.3) is 6.08 Å². The predicted molar refractivity (Wildman–Crippen MR) is 111 cm³/mol. The van der Waals surface area contributed by atoms with Crippen LogP contribution in [0.4, 0.5) is 5.00 Å². The highest BCUT2D eigenvalue weighted by Gasteiger charge is 2.26. The van der Waals surface area contributed by atoms with E-state index in [0.717, 1.165) is 29.1 Å². The second-order valence-corrected chi connectivity index (χ2v) is 7.23. The maximum atomic E-state index is 12.5. The fourth-order valence-electron chi connectivity index (χ4n) is 2.66. The molecule has 0 aliphatic carbocycles. The summed E-state index contributed by atoms with van der Waals surface area (Å²) in [6, 6.07) is 0. The Bertz CT molecular complexity index is 942. The Hall–Kier alpha value is -2.94. The topological polar surface area (TPSA) is 99.5 Å². The van der Waals surface area contributed by atoms with Crippen molar-refractivity contribution in [2.45, 2.75) is 40.7 Å². The average Bonchev–Trinajstić information content (AvgIpc) is 3.23. The van der Waals surface area contributed by atoms with Gasteiger partial charge in [-0.1, -0.05) is 6.92 Å². The van der Waals surface area contributed by atoms with Gasteiger partial charge in [0.15, 0.2) is 0 Å². The van der Waals surface area contributed by atoms with Crippen LogP contribution < -0.4 is 5.32 Å². The van der Waals surface area contributed by atoms with Crippen LogP contribution in [0.1, 0.15) is 57.1 Å². The molecule has 0 aromatic carbocycles. The molecule has 29 heavy (non-hydrogen) atoms. The number of nitrogens with one attached hydrogen (secondary N) is 1. The molecule has 2 heterocycles. The summed E-state index contributed by atoms with van der Waals surface area (Å²) in [5.41, 5.74) is 2.35. The van der Waals surface area contributed by atoms with Crippen molar-refractivity contribution >= 4 is 40.3 Å². The van der Waals surface area contributed by atoms with Crippen molar-refractivity contribution in [3.05, 3.63) is 39.5 Å². The highest BCUT2D eigenvalue weighted by Crippen LogP contribution is 2.34. The van der Waals surface area contributed by atoms with Crippen LogP contribution in [-0.4, -0.2) is 41.3 Å². The predicted octanol–water partition coefficient (Wildman–Crippen LogP) is 3.59. The molecule has 0 radical (unpaired) electrons. The van der Waals surface area contributed by atoms with Crippen molar-refractivity contribution < 1.29 is 23.9 Å². The number of nitrogens with zero attached hydrogens (tertiary/aromatic N) is 2. The summed E-state index contributed by atoms with van der Waals surface area (Å²) in [6.45, 7) is 8.39. The number of amides is 1. The number of aromatic nitrogens is 2. The number of carbonyl (C=O) groups is 3. The normalized spacial score (nSPS) is 10.9. The molecule has 2 aromatic heterocycles. The minimum atomic E-state index is -0.588. The van der Waals surface area contributed by atoms with Crippen LogP contribution in [0, 0.1) is 13.8 Å². The number of thiophene rings is 1. The van der Waals surface area contributed by atoms with Crippen molar-refractivity contribution in [3.63, 3.8) is 0 Å². The minimum Gasteiger partial charge on any atom is -0.465 e. The van der Waals surface area contributed by atoms with Gasteiger partial charge in [-0.3, -0.25) is 9.48 Å². The Morgan fingerprint density at radius 2 is 1.97 bits per heavy atom. The quantitative estimate of drug-likeness (QED) is 0.519. The Balaban J connectivity index is 2.28. The Labute approximate surface area is 173 Å². The molecule has 0 spiro atoms. The monoisotopic (exact) mass is 419 g/mol. The summed E-state index contributed by atoms with van der Waals surface area (Å²) >= 11 is 0.984. The van der Waals surface area contributed by atoms with E-state index in [-0.39, 0.29) is 22.0 Å². The molecule has 1 N–H and O–H groups in total. The first-order chi connectivity index (χ1) is 13.8. The van der Waals surface area contributed by atoms with E-state index in [4.69, 9.17) is 9.47 Å². The summed E-state index contributed by atoms with van der Waals surface area (Å²) in [4.78, 5) is 37.1. The van der Waals surface area contributed by atoms with Crippen LogP contribution in [0.3, 0.4) is 0 Å². The number of esters is 2. The third-order valence-electron chi connectivity index (χ3n) is 4.25. The molecule has 0 bridgehead atoms. The first-order valence-corrected chi connectivity index (χ1v) is 10.1. The standard InChI is InChI=1S/C20H25N3O5S/c1-6-10-28-19(25)16-12(3)17(20(26)27-5)29-18(16)22-15(24)9-8-14-11-21-23(7-2)13(14)4/h8-9,11H,6-7,10H2,1-5H3,(H,22,24)/b9-8+. The Morgan fingerprint density at radius 3 is 2.55 bits per heavy atom. The molecular weight excluding hydrogens is 394 g/mol. The van der Waals surface area contributed by atoms with Crippen molar-refractivity contribution in [2.24, 2.45) is 0 Å². The summed E-state index contributed by atoms with van der Waals surface area (Å²) in [5.74, 6) is -1.60. The van der Waals surface area contributed by atoms with Crippen molar-refractivity contribution in [3.8, 4) is 0 Å². The van der Waals surface area contributed by atoms with Crippen molar-refractivity contribution in [1.29, 1.82) is 0 Å². The van der Waals surface area contributed by atoms with Crippen molar-refractivity contribution in [1.82, 2.24) is 9.78 Å². The maximum absolute atomic E-state index is 12.5. The highest BCUT2D eigenvalue weighted by molar-refractivity contribution is 7.18. The van der Waals surface area contributed by atoms with Gasteiger partial charge in [-0.15, -0.1) is 11.3 Å². The van der Waals surface area contributed by atoms with Gasteiger partial charge >= 0.3 is 11.9 Å². The van der Waals surface area contributed by atoms with Gasteiger partial charge in [-0.25, -0.2) is 9.59 Å². The average molecular weight is 420 g/mol. The second kappa shape index (κ2) is 10.0. The number of aryl methyl sites for hydroxylation is 1. The number of ether oxygens (including phenoxy) is 2. The van der Waals surface area contributed by atoms with Gasteiger partial charge in [0.2, 0.25) is 5.91 Å². The van der Waals surface area contributed by atoms with Gasteiger partial charge in [-0.2, -0.15) is 5.10 Å². The van der Waals surface area contributed by atoms with Crippen LogP contribution in [-0.2, 0) is 20.8 Å². The molecule has 2 aromatic rings. The molecule has 0 unspecified atom stereocenters. The molecule has 0 aliphatic rings. The third-order valence-corrected chi connectivity index (χ3v) is 5.44. The van der Waals surface area contributed by atoms with Gasteiger partial charge in [0.1, 0.15) is 9.88 Å². The van der Waals surface area contributed by atoms with E-state index in [9.17, 15) is 14.4 Å². The maximum Gasteiger partial charge on any atom is 0.348 e. The van der Waals surface area contributed by atoms with Crippen LogP contribution in [0.5, 0.6) is 0 Å². The molecule has 0 saturated carbocycles. The molecule has 8 nitrogen and oxygen atoms in total. The zero-order chi connectivity index (χ0) is 21.6. The number of carbonyl (C=O) groups excluding carboxylic acids is 3. The lowest BCUT2D eigenvalue weighted by Gasteiger charge is -2.06. The zero-order valence-electron chi connectivity index (χ0n) is 17.2. The van der Waals surface area contributed by atoms with Gasteiger partial charge < -0.3 is 14.8 Å². The Kier molecular flexibility index (Phi) is 7.72. The molecule has 0 atom stereocenters. The van der Waals surface area contributed by atoms with E-state index >= 15 is 0 Å². The summed E-state index contributed by atoms with van der Waals surface area (Å²) in [5, 5.41) is 7.15. The van der Waals surface area contributed by atoms with Crippen LogP contribution in [0.2, 0.25) is 0 Å². The highest BCUT2D eigenvalue weighted by atomic mass is 32.1. The molecule has 2 rings (SSSR count). The lowest BCUT2D eigenvalue weighted by Crippen LogP contribution is -2.13. The van der Waals surface area contributed by atoms with E-state index in [1.165, 1.54) is 13.2 Å². The molecule has 0 saturated heterocycles. The van der Waals surface area contributed by atoms with Crippen LogP contribution in [0.15, 0.2) is 12.3 Å². The van der Waals surface area contributed by atoms with Crippen molar-refractivity contribution in [2.75, 3.05) is 19.0 Å².